The van der Waals surface area contributed by atoms with Gasteiger partial charge in [0.15, 0.2) is 0 Å². The summed E-state index contributed by atoms with van der Waals surface area (Å²) in [7, 11) is 0. The lowest BCUT2D eigenvalue weighted by Crippen LogP contribution is -2.16. The number of benzene rings is 3. The van der Waals surface area contributed by atoms with Gasteiger partial charge in [-0.2, -0.15) is 0 Å². The first-order valence-corrected chi connectivity index (χ1v) is 8.65. The lowest BCUT2D eigenvalue weighted by Gasteiger charge is -2.19. The van der Waals surface area contributed by atoms with E-state index in [1.165, 1.54) is 27.6 Å². The van der Waals surface area contributed by atoms with Gasteiger partial charge in [0.05, 0.1) is 5.52 Å². The predicted molar refractivity (Wildman–Crippen MR) is 104 cm³/mol. The van der Waals surface area contributed by atoms with Crippen molar-refractivity contribution >= 4 is 16.7 Å². The molecule has 1 aliphatic heterocycles. The molecule has 0 radical (unpaired) electrons. The third kappa shape index (κ3) is 2.47. The van der Waals surface area contributed by atoms with Gasteiger partial charge in [-0.1, -0.05) is 72.8 Å². The molecule has 0 bridgehead atoms. The summed E-state index contributed by atoms with van der Waals surface area (Å²) < 4.78 is 0. The average Bonchev–Trinajstić information content (AvgIpc) is 3.12. The summed E-state index contributed by atoms with van der Waals surface area (Å²) in [6.45, 7) is 1.85. The highest BCUT2D eigenvalue weighted by molar-refractivity contribution is 5.96. The molecular weight excluding hydrogens is 304 g/mol. The van der Waals surface area contributed by atoms with Gasteiger partial charge in [0.25, 0.3) is 0 Å². The van der Waals surface area contributed by atoms with E-state index in [1.54, 1.807) is 0 Å². The number of aromatic nitrogens is 1. The van der Waals surface area contributed by atoms with Gasteiger partial charge < -0.3 is 4.90 Å². The second-order valence-corrected chi connectivity index (χ2v) is 6.54. The van der Waals surface area contributed by atoms with Gasteiger partial charge in [-0.05, 0) is 34.4 Å². The van der Waals surface area contributed by atoms with E-state index in [4.69, 9.17) is 4.98 Å². The molecule has 0 fully saturated rings. The van der Waals surface area contributed by atoms with E-state index < -0.39 is 0 Å². The molecule has 0 atom stereocenters. The van der Waals surface area contributed by atoms with Gasteiger partial charge >= 0.3 is 0 Å². The topological polar surface area (TPSA) is 16.1 Å². The van der Waals surface area contributed by atoms with Crippen molar-refractivity contribution in [2.45, 2.75) is 13.1 Å². The third-order valence-corrected chi connectivity index (χ3v) is 4.95. The molecule has 0 saturated carbocycles. The van der Waals surface area contributed by atoms with Crippen LogP contribution in [0.25, 0.3) is 22.0 Å². The lowest BCUT2D eigenvalue weighted by molar-refractivity contribution is 0.861. The predicted octanol–water partition coefficient (Wildman–Crippen LogP) is 5.42. The lowest BCUT2D eigenvalue weighted by atomic mass is 10.0. The van der Waals surface area contributed by atoms with E-state index in [9.17, 15) is 0 Å². The summed E-state index contributed by atoms with van der Waals surface area (Å²) in [5.41, 5.74) is 6.34. The minimum atomic E-state index is 0.926. The van der Waals surface area contributed by atoms with Crippen molar-refractivity contribution in [2.24, 2.45) is 0 Å². The Bertz CT molecular complexity index is 1030. The second-order valence-electron chi connectivity index (χ2n) is 6.54. The Morgan fingerprint density at radius 1 is 0.680 bits per heavy atom. The number of anilines is 1. The minimum absolute atomic E-state index is 0.926. The van der Waals surface area contributed by atoms with Crippen molar-refractivity contribution in [3.63, 3.8) is 0 Å². The highest BCUT2D eigenvalue weighted by Crippen LogP contribution is 2.34. The summed E-state index contributed by atoms with van der Waals surface area (Å²) in [5.74, 6) is 1.05. The average molecular weight is 322 g/mol. The number of pyridine rings is 1. The number of rotatable bonds is 2. The number of hydrogen-bond donors (Lipinski definition) is 0. The van der Waals surface area contributed by atoms with E-state index in [0.717, 1.165) is 24.4 Å². The van der Waals surface area contributed by atoms with Crippen LogP contribution in [0.1, 0.15) is 11.1 Å². The molecule has 1 aliphatic rings. The Kier molecular flexibility index (Phi) is 3.27. The number of para-hydroxylation sites is 1. The third-order valence-electron chi connectivity index (χ3n) is 4.95. The smallest absolute Gasteiger partial charge is 0.130 e. The Hall–Kier alpha value is -3.13. The molecule has 0 saturated heterocycles. The fourth-order valence-electron chi connectivity index (χ4n) is 3.68. The van der Waals surface area contributed by atoms with Crippen LogP contribution in [0.2, 0.25) is 0 Å². The SMILES string of the molecule is c1ccc(-c2cc(N3Cc4ccccc4C3)nc3ccccc23)cc1. The van der Waals surface area contributed by atoms with Crippen LogP contribution in [-0.4, -0.2) is 4.98 Å². The quantitative estimate of drug-likeness (QED) is 0.490. The molecule has 0 N–H and O–H groups in total. The standard InChI is InChI=1S/C23H18N2/c1-2-8-17(9-3-1)21-14-23(24-22-13-7-6-12-20(21)22)25-15-18-10-4-5-11-19(18)16-25/h1-14H,15-16H2. The zero-order valence-corrected chi connectivity index (χ0v) is 13.9. The van der Waals surface area contributed by atoms with Crippen LogP contribution >= 0.6 is 0 Å². The molecule has 1 aromatic heterocycles. The minimum Gasteiger partial charge on any atom is -0.348 e. The largest absolute Gasteiger partial charge is 0.348 e. The highest BCUT2D eigenvalue weighted by atomic mass is 15.2. The molecule has 2 heterocycles. The molecule has 5 rings (SSSR count). The van der Waals surface area contributed by atoms with Gasteiger partial charge in [-0.25, -0.2) is 4.98 Å². The van der Waals surface area contributed by atoms with Crippen LogP contribution in [0.5, 0.6) is 0 Å². The van der Waals surface area contributed by atoms with Gasteiger partial charge in [0.2, 0.25) is 0 Å². The molecule has 3 aromatic carbocycles. The fraction of sp³-hybridized carbons (Fsp3) is 0.0870. The second kappa shape index (κ2) is 5.75. The van der Waals surface area contributed by atoms with E-state index >= 15 is 0 Å². The summed E-state index contributed by atoms with van der Waals surface area (Å²) in [6, 6.07) is 29.9. The normalized spacial score (nSPS) is 13.2. The van der Waals surface area contributed by atoms with Crippen molar-refractivity contribution in [3.8, 4) is 11.1 Å². The van der Waals surface area contributed by atoms with E-state index in [0.29, 0.717) is 0 Å². The zero-order valence-electron chi connectivity index (χ0n) is 13.9. The Morgan fingerprint density at radius 3 is 2.08 bits per heavy atom. The molecule has 2 heteroatoms. The van der Waals surface area contributed by atoms with Crippen LogP contribution in [0, 0.1) is 0 Å². The molecule has 25 heavy (non-hydrogen) atoms. The number of hydrogen-bond acceptors (Lipinski definition) is 2. The van der Waals surface area contributed by atoms with E-state index in [-0.39, 0.29) is 0 Å². The molecule has 120 valence electrons. The van der Waals surface area contributed by atoms with Gasteiger partial charge in [0, 0.05) is 18.5 Å². The van der Waals surface area contributed by atoms with Crippen molar-refractivity contribution in [2.75, 3.05) is 4.90 Å². The molecule has 2 nitrogen and oxygen atoms in total. The molecule has 0 aliphatic carbocycles. The summed E-state index contributed by atoms with van der Waals surface area (Å²) >= 11 is 0. The highest BCUT2D eigenvalue weighted by Gasteiger charge is 2.20. The molecular formula is C23H18N2. The van der Waals surface area contributed by atoms with Crippen LogP contribution in [-0.2, 0) is 13.1 Å². The van der Waals surface area contributed by atoms with E-state index in [2.05, 4.69) is 89.8 Å². The Balaban J connectivity index is 1.66. The molecule has 0 amide bonds. The summed E-state index contributed by atoms with van der Waals surface area (Å²) in [5, 5.41) is 1.20. The number of nitrogens with zero attached hydrogens (tertiary/aromatic N) is 2. The van der Waals surface area contributed by atoms with Gasteiger partial charge in [-0.15, -0.1) is 0 Å². The molecule has 4 aromatic rings. The molecule has 0 spiro atoms. The fourth-order valence-corrected chi connectivity index (χ4v) is 3.68. The first-order valence-electron chi connectivity index (χ1n) is 8.65. The van der Waals surface area contributed by atoms with Gasteiger partial charge in [-0.3, -0.25) is 0 Å². The van der Waals surface area contributed by atoms with Crippen molar-refractivity contribution in [1.29, 1.82) is 0 Å². The van der Waals surface area contributed by atoms with Crippen LogP contribution in [0.15, 0.2) is 84.9 Å². The first-order chi connectivity index (χ1) is 12.4. The van der Waals surface area contributed by atoms with Crippen LogP contribution in [0.3, 0.4) is 0 Å². The maximum atomic E-state index is 4.95. The number of fused-ring (bicyclic) bond motifs is 2. The van der Waals surface area contributed by atoms with Crippen molar-refractivity contribution in [1.82, 2.24) is 4.98 Å². The Labute approximate surface area is 147 Å². The van der Waals surface area contributed by atoms with E-state index in [1.807, 2.05) is 0 Å². The summed E-state index contributed by atoms with van der Waals surface area (Å²) in [4.78, 5) is 7.32. The summed E-state index contributed by atoms with van der Waals surface area (Å²) in [6.07, 6.45) is 0. The van der Waals surface area contributed by atoms with Gasteiger partial charge in [0.1, 0.15) is 5.82 Å². The first kappa shape index (κ1) is 14.2. The maximum Gasteiger partial charge on any atom is 0.130 e. The Morgan fingerprint density at radius 2 is 1.32 bits per heavy atom. The molecule has 0 unspecified atom stereocenters. The monoisotopic (exact) mass is 322 g/mol. The van der Waals surface area contributed by atoms with Crippen LogP contribution in [0.4, 0.5) is 5.82 Å². The van der Waals surface area contributed by atoms with Crippen molar-refractivity contribution in [3.05, 3.63) is 96.1 Å². The van der Waals surface area contributed by atoms with Crippen molar-refractivity contribution < 1.29 is 0 Å². The van der Waals surface area contributed by atoms with Crippen LogP contribution < -0.4 is 4.90 Å². The maximum absolute atomic E-state index is 4.95. The zero-order chi connectivity index (χ0) is 16.6.